The lowest BCUT2D eigenvalue weighted by Gasteiger charge is -2.27. The van der Waals surface area contributed by atoms with E-state index < -0.39 is 29.3 Å². The van der Waals surface area contributed by atoms with Gasteiger partial charge in [-0.1, -0.05) is 30.7 Å². The molecule has 0 aliphatic carbocycles. The van der Waals surface area contributed by atoms with E-state index in [4.69, 9.17) is 31.3 Å². The van der Waals surface area contributed by atoms with Gasteiger partial charge in [-0.25, -0.2) is 9.59 Å². The van der Waals surface area contributed by atoms with Gasteiger partial charge < -0.3 is 29.9 Å². The molecule has 2 aromatic carbocycles. The van der Waals surface area contributed by atoms with Gasteiger partial charge in [0.2, 0.25) is 0 Å². The Morgan fingerprint density at radius 3 is 2.26 bits per heavy atom. The molecule has 3 rings (SSSR count). The summed E-state index contributed by atoms with van der Waals surface area (Å²) in [5.74, 6) is -2.54. The van der Waals surface area contributed by atoms with E-state index in [1.54, 1.807) is 18.1 Å². The predicted octanol–water partition coefficient (Wildman–Crippen LogP) is 4.17. The second-order valence-corrected chi connectivity index (χ2v) is 9.82. The van der Waals surface area contributed by atoms with Crippen molar-refractivity contribution in [3.63, 3.8) is 0 Å². The zero-order valence-electron chi connectivity index (χ0n) is 21.8. The molecule has 3 N–H and O–H groups in total. The molecule has 1 aliphatic heterocycles. The molecule has 0 bridgehead atoms. The molecule has 0 saturated carbocycles. The molecule has 0 unspecified atom stereocenters. The maximum absolute atomic E-state index is 13.6. The molecule has 210 valence electrons. The van der Waals surface area contributed by atoms with Gasteiger partial charge in [0.25, 0.3) is 5.91 Å². The van der Waals surface area contributed by atoms with Gasteiger partial charge in [0, 0.05) is 42.1 Å². The number of aliphatic carboxylic acids is 2. The second-order valence-electron chi connectivity index (χ2n) is 8.20. The number of nitrogens with zero attached hydrogens (tertiary/aromatic N) is 1. The third-order valence-corrected chi connectivity index (χ3v) is 6.89. The van der Waals surface area contributed by atoms with E-state index in [0.717, 1.165) is 29.1 Å². The smallest absolute Gasteiger partial charge is 0.328 e. The van der Waals surface area contributed by atoms with Crippen molar-refractivity contribution in [2.45, 2.75) is 36.5 Å². The van der Waals surface area contributed by atoms with Gasteiger partial charge in [0.1, 0.15) is 5.75 Å². The van der Waals surface area contributed by atoms with Crippen LogP contribution in [0.1, 0.15) is 31.1 Å². The molecule has 0 fully saturated rings. The molecule has 39 heavy (non-hydrogen) atoms. The minimum Gasteiger partial charge on any atom is -0.497 e. The number of fused-ring (bicyclic) bond motifs is 1. The number of benzene rings is 2. The monoisotopic (exact) mass is 578 g/mol. The first-order valence-corrected chi connectivity index (χ1v) is 13.3. The van der Waals surface area contributed by atoms with Crippen LogP contribution < -0.4 is 15.0 Å². The maximum atomic E-state index is 13.6. The zero-order chi connectivity index (χ0) is 28.9. The van der Waals surface area contributed by atoms with Gasteiger partial charge in [-0.15, -0.1) is 11.8 Å². The van der Waals surface area contributed by atoms with E-state index >= 15 is 0 Å². The molecule has 12 heteroatoms. The Bertz CT molecular complexity index is 1170. The Morgan fingerprint density at radius 1 is 1.08 bits per heavy atom. The third kappa shape index (κ3) is 9.93. The number of carboxylic acid groups (broad SMARTS) is 2. The van der Waals surface area contributed by atoms with Crippen LogP contribution in [0.4, 0.5) is 5.69 Å². The van der Waals surface area contributed by atoms with Crippen molar-refractivity contribution in [2.24, 2.45) is 0 Å². The van der Waals surface area contributed by atoms with Crippen LogP contribution in [0.15, 0.2) is 59.5 Å². The number of methoxy groups -OCH3 is 1. The minimum atomic E-state index is -1.26. The summed E-state index contributed by atoms with van der Waals surface area (Å²) in [6, 6.07) is 12.9. The number of esters is 1. The van der Waals surface area contributed by atoms with Crippen molar-refractivity contribution in [3.8, 4) is 5.75 Å². The number of anilines is 1. The summed E-state index contributed by atoms with van der Waals surface area (Å²) >= 11 is 7.76. The quantitative estimate of drug-likeness (QED) is 0.213. The van der Waals surface area contributed by atoms with Crippen LogP contribution in [0.25, 0.3) is 0 Å². The van der Waals surface area contributed by atoms with Crippen LogP contribution in [-0.4, -0.2) is 66.9 Å². The lowest BCUT2D eigenvalue weighted by Crippen LogP contribution is -2.45. The molecule has 2 aromatic rings. The van der Waals surface area contributed by atoms with Gasteiger partial charge in [-0.3, -0.25) is 9.59 Å². The number of rotatable bonds is 10. The highest BCUT2D eigenvalue weighted by atomic mass is 35.5. The van der Waals surface area contributed by atoms with Crippen molar-refractivity contribution in [1.82, 2.24) is 5.32 Å². The molecule has 10 nitrogen and oxygen atoms in total. The number of carbonyl (C=O) groups is 4. The number of halogens is 1. The molecular formula is C27H31ClN2O8S. The number of carboxylic acids is 2. The lowest BCUT2D eigenvalue weighted by atomic mass is 10.1. The summed E-state index contributed by atoms with van der Waals surface area (Å²) in [6.07, 6.45) is 1.16. The summed E-state index contributed by atoms with van der Waals surface area (Å²) < 4.78 is 10.8. The summed E-state index contributed by atoms with van der Waals surface area (Å²) in [7, 11) is 1.60. The summed E-state index contributed by atoms with van der Waals surface area (Å²) in [5, 5.41) is 19.1. The van der Waals surface area contributed by atoms with Crippen molar-refractivity contribution < 1.29 is 38.9 Å². The Balaban J connectivity index is 0.000000580. The van der Waals surface area contributed by atoms with Gasteiger partial charge in [0.15, 0.2) is 6.10 Å². The molecule has 0 radical (unpaired) electrons. The average Bonchev–Trinajstić information content (AvgIpc) is 3.00. The number of nitrogens with one attached hydrogen (secondary N) is 1. The fourth-order valence-electron chi connectivity index (χ4n) is 3.60. The third-order valence-electron chi connectivity index (χ3n) is 5.30. The van der Waals surface area contributed by atoms with Gasteiger partial charge >= 0.3 is 17.9 Å². The van der Waals surface area contributed by atoms with Gasteiger partial charge in [-0.05, 0) is 48.9 Å². The molecule has 0 aromatic heterocycles. The summed E-state index contributed by atoms with van der Waals surface area (Å²) in [4.78, 5) is 47.2. The first kappa shape index (κ1) is 31.7. The first-order valence-electron chi connectivity index (χ1n) is 12.0. The van der Waals surface area contributed by atoms with Gasteiger partial charge in [-0.2, -0.15) is 0 Å². The van der Waals surface area contributed by atoms with Gasteiger partial charge in [0.05, 0.1) is 18.0 Å². The van der Waals surface area contributed by atoms with Crippen LogP contribution in [0, 0.1) is 0 Å². The Hall–Kier alpha value is -3.54. The predicted molar refractivity (Wildman–Crippen MR) is 149 cm³/mol. The fourth-order valence-corrected chi connectivity index (χ4v) is 5.19. The Labute approximate surface area is 235 Å². The van der Waals surface area contributed by atoms with E-state index in [-0.39, 0.29) is 5.91 Å². The topological polar surface area (TPSA) is 142 Å². The number of amides is 1. The highest BCUT2D eigenvalue weighted by Gasteiger charge is 2.40. The Morgan fingerprint density at radius 2 is 1.72 bits per heavy atom. The van der Waals surface area contributed by atoms with Crippen LogP contribution >= 0.6 is 23.4 Å². The number of hydrogen-bond donors (Lipinski definition) is 3. The van der Waals surface area contributed by atoms with Crippen molar-refractivity contribution in [2.75, 3.05) is 31.6 Å². The van der Waals surface area contributed by atoms with Crippen molar-refractivity contribution in [1.29, 1.82) is 0 Å². The normalized spacial score (nSPS) is 16.5. The molecule has 0 spiro atoms. The van der Waals surface area contributed by atoms with E-state index in [2.05, 4.69) is 12.2 Å². The molecule has 1 amide bonds. The number of carbonyl (C=O) groups excluding carboxylic acids is 2. The van der Waals surface area contributed by atoms with Crippen molar-refractivity contribution >= 4 is 52.9 Å². The number of ether oxygens (including phenoxy) is 2. The highest BCUT2D eigenvalue weighted by molar-refractivity contribution is 7.99. The van der Waals surface area contributed by atoms with E-state index in [0.29, 0.717) is 36.0 Å². The van der Waals surface area contributed by atoms with Crippen LogP contribution in [-0.2, 0) is 23.9 Å². The number of hydrogen-bond acceptors (Lipinski definition) is 8. The number of thioether (sulfide) groups is 1. The fraction of sp³-hybridized carbons (Fsp3) is 0.333. The van der Waals surface area contributed by atoms with Crippen LogP contribution in [0.3, 0.4) is 0 Å². The first-order chi connectivity index (χ1) is 18.6. The average molecular weight is 579 g/mol. The van der Waals surface area contributed by atoms with Crippen LogP contribution in [0.2, 0.25) is 5.02 Å². The van der Waals surface area contributed by atoms with Crippen LogP contribution in [0.5, 0.6) is 5.75 Å². The molecule has 2 atom stereocenters. The standard InChI is InChI=1S/C23H27ClN2O4S.C4H4O4/c1-4-11-25-12-13-26-19-10-7-17(24)14-20(19)31-22(21(23(26)28)30-15(2)27)16-5-8-18(29-3)9-6-16;5-3(6)1-2-4(7)8/h5-10,14,21-22,25H,4,11-13H2,1-3H3;1-2H,(H,5,6)(H,7,8)/t21-,22+;/m1./s1. The summed E-state index contributed by atoms with van der Waals surface area (Å²) in [5.41, 5.74) is 1.63. The van der Waals surface area contributed by atoms with E-state index in [1.807, 2.05) is 36.4 Å². The van der Waals surface area contributed by atoms with Crippen molar-refractivity contribution in [3.05, 3.63) is 65.2 Å². The SMILES string of the molecule is CCCNCCN1C(=O)[C@H](OC(C)=O)[C@H](c2ccc(OC)cc2)Sc2cc(Cl)ccc21.O=C(O)C=CC(=O)O. The van der Waals surface area contributed by atoms with E-state index in [9.17, 15) is 19.2 Å². The molecule has 1 heterocycles. The highest BCUT2D eigenvalue weighted by Crippen LogP contribution is 2.47. The molecule has 0 saturated heterocycles. The Kier molecular flexibility index (Phi) is 12.8. The second kappa shape index (κ2) is 15.8. The molecular weight excluding hydrogens is 548 g/mol. The summed E-state index contributed by atoms with van der Waals surface area (Å²) in [6.45, 7) is 5.37. The zero-order valence-corrected chi connectivity index (χ0v) is 23.3. The van der Waals surface area contributed by atoms with E-state index in [1.165, 1.54) is 18.7 Å². The maximum Gasteiger partial charge on any atom is 0.328 e. The lowest BCUT2D eigenvalue weighted by molar-refractivity contribution is -0.152. The molecule has 1 aliphatic rings. The minimum absolute atomic E-state index is 0.247. The largest absolute Gasteiger partial charge is 0.497 e.